The first-order valence-electron chi connectivity index (χ1n) is 4.87. The van der Waals surface area contributed by atoms with Gasteiger partial charge in [0.1, 0.15) is 0 Å². The van der Waals surface area contributed by atoms with Crippen molar-refractivity contribution in [3.05, 3.63) is 34.8 Å². The van der Waals surface area contributed by atoms with Gasteiger partial charge >= 0.3 is 0 Å². The number of carbonyl (C=O) groups excluding carboxylic acids is 1. The summed E-state index contributed by atoms with van der Waals surface area (Å²) in [4.78, 5) is 10.9. The lowest BCUT2D eigenvalue weighted by Gasteiger charge is -1.99. The van der Waals surface area contributed by atoms with Gasteiger partial charge in [0.05, 0.1) is 0 Å². The molecule has 0 bridgehead atoms. The first-order chi connectivity index (χ1) is 6.88. The van der Waals surface area contributed by atoms with Gasteiger partial charge in [0, 0.05) is 0 Å². The van der Waals surface area contributed by atoms with Crippen molar-refractivity contribution in [3.8, 4) is 0 Å². The molecule has 2 N–H and O–H groups in total. The third-order valence-corrected chi connectivity index (χ3v) is 2.11. The van der Waals surface area contributed by atoms with Crippen LogP contribution in [0.3, 0.4) is 0 Å². The lowest BCUT2D eigenvalue weighted by atomic mass is 10.1. The third kappa shape index (κ3) is 5.05. The molecule has 0 amide bonds. The molecule has 0 aromatic heterocycles. The predicted octanol–water partition coefficient (Wildman–Crippen LogP) is 3.21. The molecule has 3 heteroatoms. The third-order valence-electron chi connectivity index (χ3n) is 2.11. The van der Waals surface area contributed by atoms with Crippen molar-refractivity contribution in [3.63, 3.8) is 0 Å². The zero-order valence-electron chi connectivity index (χ0n) is 9.66. The number of rotatable bonds is 4. The van der Waals surface area contributed by atoms with E-state index in [-0.39, 0.29) is 17.3 Å². The average molecular weight is 210 g/mol. The van der Waals surface area contributed by atoms with Crippen LogP contribution < -0.4 is 0 Å². The molecule has 0 saturated carbocycles. The number of carbonyl (C=O) groups is 1. The van der Waals surface area contributed by atoms with Gasteiger partial charge in [-0.05, 0) is 44.9 Å². The highest BCUT2D eigenvalue weighted by atomic mass is 16.3. The van der Waals surface area contributed by atoms with Crippen LogP contribution in [-0.2, 0) is 4.79 Å². The monoisotopic (exact) mass is 210 g/mol. The normalized spacial score (nSPS) is 14.9. The van der Waals surface area contributed by atoms with E-state index in [0.29, 0.717) is 5.57 Å². The van der Waals surface area contributed by atoms with Gasteiger partial charge in [-0.1, -0.05) is 12.5 Å². The lowest BCUT2D eigenvalue weighted by Crippen LogP contribution is -1.94. The summed E-state index contributed by atoms with van der Waals surface area (Å²) in [6.07, 6.45) is 3.54. The first kappa shape index (κ1) is 13.5. The van der Waals surface area contributed by atoms with Crippen molar-refractivity contribution in [2.24, 2.45) is 0 Å². The van der Waals surface area contributed by atoms with E-state index in [1.807, 2.05) is 13.8 Å². The topological polar surface area (TPSA) is 57.5 Å². The average Bonchev–Trinajstić information content (AvgIpc) is 2.16. The van der Waals surface area contributed by atoms with Crippen molar-refractivity contribution >= 4 is 5.78 Å². The molecule has 84 valence electrons. The van der Waals surface area contributed by atoms with Crippen LogP contribution in [0.2, 0.25) is 0 Å². The highest BCUT2D eigenvalue weighted by Crippen LogP contribution is 2.09. The fourth-order valence-electron chi connectivity index (χ4n) is 0.790. The van der Waals surface area contributed by atoms with Crippen molar-refractivity contribution in [2.75, 3.05) is 0 Å². The van der Waals surface area contributed by atoms with Gasteiger partial charge in [0.15, 0.2) is 17.3 Å². The van der Waals surface area contributed by atoms with Crippen molar-refractivity contribution < 1.29 is 15.0 Å². The van der Waals surface area contributed by atoms with Crippen molar-refractivity contribution in [2.45, 2.75) is 34.1 Å². The first-order valence-corrected chi connectivity index (χ1v) is 4.87. The van der Waals surface area contributed by atoms with Gasteiger partial charge in [0.2, 0.25) is 0 Å². The number of hydrogen-bond acceptors (Lipinski definition) is 3. The minimum atomic E-state index is -0.282. The van der Waals surface area contributed by atoms with Crippen LogP contribution in [0.25, 0.3) is 0 Å². The molecule has 0 aromatic rings. The Morgan fingerprint density at radius 2 is 1.53 bits per heavy atom. The summed E-state index contributed by atoms with van der Waals surface area (Å²) in [6, 6.07) is 0. The molecule has 0 spiro atoms. The molecule has 0 rings (SSSR count). The maximum atomic E-state index is 10.9. The second kappa shape index (κ2) is 6.06. The molecule has 0 heterocycles. The molecule has 0 aliphatic rings. The van der Waals surface area contributed by atoms with Crippen molar-refractivity contribution in [1.29, 1.82) is 0 Å². The lowest BCUT2D eigenvalue weighted by molar-refractivity contribution is -0.113. The standard InChI is InChI=1S/C12H18O3/c1-5-8(2)6-11(14)12(15)7-9(3)10(4)13/h6-7,14-15H,5H2,1-4H3/b8-6+,9-7+,12-11-. The van der Waals surface area contributed by atoms with E-state index in [9.17, 15) is 15.0 Å². The van der Waals surface area contributed by atoms with Crippen LogP contribution in [0.1, 0.15) is 34.1 Å². The van der Waals surface area contributed by atoms with Crippen LogP contribution in [0.4, 0.5) is 0 Å². The second-order valence-corrected chi connectivity index (χ2v) is 3.50. The number of aliphatic hydroxyl groups is 2. The van der Waals surface area contributed by atoms with Crippen molar-refractivity contribution in [1.82, 2.24) is 0 Å². The van der Waals surface area contributed by atoms with Crippen LogP contribution in [0, 0.1) is 0 Å². The number of Topliss-reactive ketones (excluding diaryl/α,β-unsaturated/α-hetero) is 1. The van der Waals surface area contributed by atoms with E-state index in [4.69, 9.17) is 0 Å². The summed E-state index contributed by atoms with van der Waals surface area (Å²) in [5, 5.41) is 18.9. The molecular formula is C12H18O3. The smallest absolute Gasteiger partial charge is 0.157 e. The fourth-order valence-corrected chi connectivity index (χ4v) is 0.790. The molecule has 3 nitrogen and oxygen atoms in total. The van der Waals surface area contributed by atoms with E-state index in [1.54, 1.807) is 6.92 Å². The quantitative estimate of drug-likeness (QED) is 0.425. The highest BCUT2D eigenvalue weighted by molar-refractivity contribution is 5.93. The molecule has 15 heavy (non-hydrogen) atoms. The Balaban J connectivity index is 4.96. The Hall–Kier alpha value is -1.51. The van der Waals surface area contributed by atoms with E-state index in [0.717, 1.165) is 12.0 Å². The van der Waals surface area contributed by atoms with Crippen LogP contribution in [0.5, 0.6) is 0 Å². The maximum Gasteiger partial charge on any atom is 0.157 e. The van der Waals surface area contributed by atoms with Gasteiger partial charge in [-0.15, -0.1) is 0 Å². The van der Waals surface area contributed by atoms with Crippen LogP contribution >= 0.6 is 0 Å². The molecule has 0 saturated heterocycles. The molecule has 0 unspecified atom stereocenters. The number of hydrogen-bond donors (Lipinski definition) is 2. The Kier molecular flexibility index (Phi) is 5.45. The molecule has 0 radical (unpaired) electrons. The van der Waals surface area contributed by atoms with Gasteiger partial charge in [-0.2, -0.15) is 0 Å². The summed E-state index contributed by atoms with van der Waals surface area (Å²) in [5.41, 5.74) is 1.36. The van der Waals surface area contributed by atoms with E-state index >= 15 is 0 Å². The largest absolute Gasteiger partial charge is 0.504 e. The molecule has 0 fully saturated rings. The Labute approximate surface area is 90.4 Å². The van der Waals surface area contributed by atoms with Crippen LogP contribution in [-0.4, -0.2) is 16.0 Å². The fraction of sp³-hybridized carbons (Fsp3) is 0.417. The summed E-state index contributed by atoms with van der Waals surface area (Å²) in [6.45, 7) is 6.80. The van der Waals surface area contributed by atoms with Gasteiger partial charge in [-0.25, -0.2) is 0 Å². The molecular weight excluding hydrogens is 192 g/mol. The predicted molar refractivity (Wildman–Crippen MR) is 60.8 cm³/mol. The summed E-state index contributed by atoms with van der Waals surface area (Å²) in [7, 11) is 0. The zero-order chi connectivity index (χ0) is 12.0. The Bertz CT molecular complexity index is 333. The summed E-state index contributed by atoms with van der Waals surface area (Å²) >= 11 is 0. The van der Waals surface area contributed by atoms with Gasteiger partial charge in [-0.3, -0.25) is 4.79 Å². The maximum absolute atomic E-state index is 10.9. The zero-order valence-corrected chi connectivity index (χ0v) is 9.66. The van der Waals surface area contributed by atoms with E-state index in [1.165, 1.54) is 19.1 Å². The summed E-state index contributed by atoms with van der Waals surface area (Å²) in [5.74, 6) is -0.629. The minimum Gasteiger partial charge on any atom is -0.504 e. The molecule has 0 atom stereocenters. The van der Waals surface area contributed by atoms with Gasteiger partial charge in [0.25, 0.3) is 0 Å². The SMILES string of the molecule is CC/C(C)=C/C(O)=C(O)\C=C(/C)C(C)=O. The van der Waals surface area contributed by atoms with E-state index in [2.05, 4.69) is 0 Å². The summed E-state index contributed by atoms with van der Waals surface area (Å²) < 4.78 is 0. The second-order valence-electron chi connectivity index (χ2n) is 3.50. The number of aliphatic hydroxyl groups excluding tert-OH is 2. The van der Waals surface area contributed by atoms with Gasteiger partial charge < -0.3 is 10.2 Å². The minimum absolute atomic E-state index is 0.134. The van der Waals surface area contributed by atoms with Crippen LogP contribution in [0.15, 0.2) is 34.8 Å². The number of ketones is 1. The molecule has 0 aliphatic carbocycles. The Morgan fingerprint density at radius 3 is 1.93 bits per heavy atom. The van der Waals surface area contributed by atoms with E-state index < -0.39 is 0 Å². The molecule has 0 aromatic carbocycles. The number of allylic oxidation sites excluding steroid dienone is 4. The highest BCUT2D eigenvalue weighted by Gasteiger charge is 2.01. The molecule has 0 aliphatic heterocycles. The Morgan fingerprint density at radius 1 is 1.07 bits per heavy atom.